The Morgan fingerprint density at radius 3 is 2.38 bits per heavy atom. The van der Waals surface area contributed by atoms with E-state index in [4.69, 9.17) is 5.11 Å². The highest BCUT2D eigenvalue weighted by atomic mass is 16.4. The molecule has 0 spiro atoms. The van der Waals surface area contributed by atoms with Crippen LogP contribution in [0.3, 0.4) is 0 Å². The van der Waals surface area contributed by atoms with Crippen molar-refractivity contribution in [3.63, 3.8) is 0 Å². The van der Waals surface area contributed by atoms with Crippen LogP contribution in [0.2, 0.25) is 0 Å². The van der Waals surface area contributed by atoms with Crippen molar-refractivity contribution in [2.75, 3.05) is 20.6 Å². The fourth-order valence-corrected chi connectivity index (χ4v) is 2.87. The lowest BCUT2D eigenvalue weighted by molar-refractivity contribution is -0.138. The Morgan fingerprint density at radius 2 is 1.95 bits per heavy atom. The first-order valence-corrected chi connectivity index (χ1v) is 7.64. The van der Waals surface area contributed by atoms with Crippen molar-refractivity contribution < 1.29 is 9.90 Å². The van der Waals surface area contributed by atoms with E-state index in [0.717, 1.165) is 18.7 Å². The summed E-state index contributed by atoms with van der Waals surface area (Å²) in [4.78, 5) is 13.3. The maximum atomic E-state index is 11.0. The van der Waals surface area contributed by atoms with E-state index in [2.05, 4.69) is 24.3 Å². The first kappa shape index (κ1) is 16.0. The van der Waals surface area contributed by atoms with Gasteiger partial charge in [-0.15, -0.1) is 0 Å². The number of rotatable bonds is 7. The minimum atomic E-state index is -0.779. The molecule has 1 unspecified atom stereocenters. The Morgan fingerprint density at radius 1 is 1.33 bits per heavy atom. The van der Waals surface area contributed by atoms with E-state index in [1.54, 1.807) is 6.92 Å². The maximum Gasteiger partial charge on any atom is 0.310 e. The second kappa shape index (κ2) is 6.58. The predicted octanol–water partition coefficient (Wildman–Crippen LogP) is 2.45. The second-order valence-electron chi connectivity index (χ2n) is 6.38. The van der Waals surface area contributed by atoms with Gasteiger partial charge < -0.3 is 15.3 Å². The normalized spacial score (nSPS) is 18.3. The number of carboxylic acid groups (broad SMARTS) is 1. The molecule has 4 heteroatoms. The van der Waals surface area contributed by atoms with Crippen molar-refractivity contribution in [3.05, 3.63) is 35.4 Å². The third-order valence-electron chi connectivity index (χ3n) is 4.87. The number of likely N-dealkylation sites (N-methyl/N-ethyl adjacent to an activating group) is 1. The number of nitrogens with zero attached hydrogens (tertiary/aromatic N) is 1. The first-order chi connectivity index (χ1) is 9.94. The average molecular weight is 290 g/mol. The van der Waals surface area contributed by atoms with Crippen LogP contribution >= 0.6 is 0 Å². The van der Waals surface area contributed by atoms with E-state index in [1.165, 1.54) is 24.8 Å². The lowest BCUT2D eigenvalue weighted by Gasteiger charge is -2.47. The number of aliphatic carboxylic acids is 1. The summed E-state index contributed by atoms with van der Waals surface area (Å²) in [7, 11) is 4.31. The Balaban J connectivity index is 1.85. The van der Waals surface area contributed by atoms with E-state index < -0.39 is 11.9 Å². The zero-order valence-electron chi connectivity index (χ0n) is 13.2. The number of nitrogens with one attached hydrogen (secondary N) is 1. The molecule has 1 fully saturated rings. The zero-order valence-corrected chi connectivity index (χ0v) is 13.2. The van der Waals surface area contributed by atoms with Crippen LogP contribution < -0.4 is 5.32 Å². The van der Waals surface area contributed by atoms with Crippen molar-refractivity contribution in [1.29, 1.82) is 0 Å². The van der Waals surface area contributed by atoms with E-state index in [9.17, 15) is 4.79 Å². The Bertz CT molecular complexity index is 478. The fourth-order valence-electron chi connectivity index (χ4n) is 2.87. The van der Waals surface area contributed by atoms with Crippen molar-refractivity contribution in [2.45, 2.75) is 44.2 Å². The van der Waals surface area contributed by atoms with Gasteiger partial charge >= 0.3 is 5.97 Å². The van der Waals surface area contributed by atoms with Gasteiger partial charge in [-0.1, -0.05) is 24.3 Å². The van der Waals surface area contributed by atoms with Gasteiger partial charge in [0.15, 0.2) is 0 Å². The molecule has 1 atom stereocenters. The molecule has 2 rings (SSSR count). The molecule has 0 radical (unpaired) electrons. The van der Waals surface area contributed by atoms with Gasteiger partial charge in [-0.05, 0) is 51.4 Å². The molecular formula is C17H26N2O2. The van der Waals surface area contributed by atoms with Gasteiger partial charge in [-0.2, -0.15) is 0 Å². The minimum Gasteiger partial charge on any atom is -0.481 e. The quantitative estimate of drug-likeness (QED) is 0.810. The molecule has 0 bridgehead atoms. The summed E-state index contributed by atoms with van der Waals surface area (Å²) in [6, 6.07) is 7.87. The smallest absolute Gasteiger partial charge is 0.310 e. The van der Waals surface area contributed by atoms with Gasteiger partial charge in [0, 0.05) is 18.6 Å². The van der Waals surface area contributed by atoms with Crippen molar-refractivity contribution in [3.8, 4) is 0 Å². The van der Waals surface area contributed by atoms with E-state index in [-0.39, 0.29) is 0 Å². The molecule has 2 N–H and O–H groups in total. The number of carboxylic acids is 1. The van der Waals surface area contributed by atoms with Gasteiger partial charge in [0.1, 0.15) is 0 Å². The highest BCUT2D eigenvalue weighted by Crippen LogP contribution is 2.35. The van der Waals surface area contributed by atoms with Crippen LogP contribution in [0, 0.1) is 0 Å². The highest BCUT2D eigenvalue weighted by Gasteiger charge is 2.38. The average Bonchev–Trinajstić information content (AvgIpc) is 2.41. The molecule has 21 heavy (non-hydrogen) atoms. The van der Waals surface area contributed by atoms with Crippen molar-refractivity contribution >= 4 is 5.97 Å². The van der Waals surface area contributed by atoms with Crippen LogP contribution in [-0.2, 0) is 11.3 Å². The van der Waals surface area contributed by atoms with Crippen LogP contribution in [0.25, 0.3) is 0 Å². The van der Waals surface area contributed by atoms with E-state index in [0.29, 0.717) is 5.54 Å². The summed E-state index contributed by atoms with van der Waals surface area (Å²) in [6.07, 6.45) is 3.85. The van der Waals surface area contributed by atoms with Crippen LogP contribution in [0.4, 0.5) is 0 Å². The molecule has 1 aromatic rings. The van der Waals surface area contributed by atoms with Gasteiger partial charge in [0.2, 0.25) is 0 Å². The van der Waals surface area contributed by atoms with Gasteiger partial charge in [0.25, 0.3) is 0 Å². The largest absolute Gasteiger partial charge is 0.481 e. The molecule has 1 saturated carbocycles. The lowest BCUT2D eigenvalue weighted by atomic mass is 9.75. The molecular weight excluding hydrogens is 264 g/mol. The number of hydrogen-bond donors (Lipinski definition) is 2. The second-order valence-corrected chi connectivity index (χ2v) is 6.38. The molecule has 0 heterocycles. The minimum absolute atomic E-state index is 0.331. The topological polar surface area (TPSA) is 52.6 Å². The van der Waals surface area contributed by atoms with Crippen LogP contribution in [0.15, 0.2) is 24.3 Å². The maximum absolute atomic E-state index is 11.0. The summed E-state index contributed by atoms with van der Waals surface area (Å²) < 4.78 is 0. The Kier molecular flexibility index (Phi) is 5.01. The SMILES string of the molecule is CC(C(=O)O)c1ccc(CNCC2(N(C)C)CCC2)cc1. The van der Waals surface area contributed by atoms with Crippen LogP contribution in [0.1, 0.15) is 43.2 Å². The van der Waals surface area contributed by atoms with Gasteiger partial charge in [-0.3, -0.25) is 4.79 Å². The lowest BCUT2D eigenvalue weighted by Crippen LogP contribution is -2.56. The molecule has 1 aliphatic rings. The number of carbonyl (C=O) groups is 1. The molecule has 116 valence electrons. The Labute approximate surface area is 127 Å². The summed E-state index contributed by atoms with van der Waals surface area (Å²) in [5.41, 5.74) is 2.39. The van der Waals surface area contributed by atoms with Gasteiger partial charge in [0.05, 0.1) is 5.92 Å². The number of hydrogen-bond acceptors (Lipinski definition) is 3. The molecule has 4 nitrogen and oxygen atoms in total. The third-order valence-corrected chi connectivity index (χ3v) is 4.87. The summed E-state index contributed by atoms with van der Waals surface area (Å²) in [5, 5.41) is 12.5. The van der Waals surface area contributed by atoms with E-state index >= 15 is 0 Å². The number of benzene rings is 1. The van der Waals surface area contributed by atoms with Gasteiger partial charge in [-0.25, -0.2) is 0 Å². The molecule has 1 aromatic carbocycles. The molecule has 0 aliphatic heterocycles. The van der Waals surface area contributed by atoms with Crippen LogP contribution in [-0.4, -0.2) is 42.2 Å². The summed E-state index contributed by atoms with van der Waals surface area (Å²) in [6.45, 7) is 3.55. The predicted molar refractivity (Wildman–Crippen MR) is 84.5 cm³/mol. The molecule has 0 amide bonds. The van der Waals surface area contributed by atoms with Crippen molar-refractivity contribution in [2.24, 2.45) is 0 Å². The Hall–Kier alpha value is -1.39. The zero-order chi connectivity index (χ0) is 15.5. The standard InChI is InChI=1S/C17H26N2O2/c1-13(16(20)21)15-7-5-14(6-8-15)11-18-12-17(19(2)3)9-4-10-17/h5-8,13,18H,4,9-12H2,1-3H3,(H,20,21). The van der Waals surface area contributed by atoms with Crippen LogP contribution in [0.5, 0.6) is 0 Å². The molecule has 1 aliphatic carbocycles. The first-order valence-electron chi connectivity index (χ1n) is 7.64. The summed E-state index contributed by atoms with van der Waals surface area (Å²) in [5.74, 6) is -1.22. The summed E-state index contributed by atoms with van der Waals surface area (Å²) >= 11 is 0. The highest BCUT2D eigenvalue weighted by molar-refractivity contribution is 5.75. The fraction of sp³-hybridized carbons (Fsp3) is 0.588. The van der Waals surface area contributed by atoms with Crippen molar-refractivity contribution in [1.82, 2.24) is 10.2 Å². The monoisotopic (exact) mass is 290 g/mol. The third kappa shape index (κ3) is 3.63. The van der Waals surface area contributed by atoms with E-state index in [1.807, 2.05) is 24.3 Å². The molecule has 0 saturated heterocycles. The molecule has 0 aromatic heterocycles.